The molecule has 0 radical (unpaired) electrons. The number of benzene rings is 3. The number of carbonyl (C=O) groups excluding carboxylic acids is 2. The number of rotatable bonds is 5. The van der Waals surface area contributed by atoms with Gasteiger partial charge in [0.05, 0.1) is 32.2 Å². The fraction of sp³-hybridized carbons (Fsp3) is 0.0741. The van der Waals surface area contributed by atoms with Crippen LogP contribution in [0.5, 0.6) is 0 Å². The van der Waals surface area contributed by atoms with E-state index in [1.165, 1.54) is 46.6 Å². The van der Waals surface area contributed by atoms with Crippen molar-refractivity contribution in [3.05, 3.63) is 116 Å². The molecule has 0 saturated carbocycles. The number of nitrogens with zero attached hydrogens (tertiary/aromatic N) is 2. The molecule has 3 aromatic carbocycles. The lowest BCUT2D eigenvalue weighted by atomic mass is 9.95. The first-order chi connectivity index (χ1) is 17.3. The van der Waals surface area contributed by atoms with Gasteiger partial charge in [0, 0.05) is 11.3 Å². The number of aromatic nitrogens is 1. The summed E-state index contributed by atoms with van der Waals surface area (Å²) in [5.74, 6) is -2.66. The van der Waals surface area contributed by atoms with Gasteiger partial charge in [0.25, 0.3) is 5.91 Å². The molecule has 5 rings (SSSR count). The van der Waals surface area contributed by atoms with Crippen LogP contribution in [0, 0.1) is 12.7 Å². The molecule has 0 spiro atoms. The standard InChI is InChI=1S/C27H17Cl2FN2O3S/c1-14-25(36-26(31-14)15-6-3-2-4-7-15)23(33)21-22(16-10-11-19(28)20(29)12-16)32(27(35)24(21)34)18-9-5-8-17(30)13-18/h2-13,22,34H,1H3. The lowest BCUT2D eigenvalue weighted by Gasteiger charge is -2.27. The van der Waals surface area contributed by atoms with Crippen molar-refractivity contribution in [1.82, 2.24) is 4.98 Å². The summed E-state index contributed by atoms with van der Waals surface area (Å²) in [6.45, 7) is 1.70. The predicted molar refractivity (Wildman–Crippen MR) is 139 cm³/mol. The monoisotopic (exact) mass is 538 g/mol. The Morgan fingerprint density at radius 3 is 2.47 bits per heavy atom. The summed E-state index contributed by atoms with van der Waals surface area (Å²) in [5.41, 5.74) is 1.77. The number of hydrogen-bond donors (Lipinski definition) is 1. The van der Waals surface area contributed by atoms with Crippen molar-refractivity contribution in [1.29, 1.82) is 0 Å². The van der Waals surface area contributed by atoms with Gasteiger partial charge in [-0.15, -0.1) is 11.3 Å². The third-order valence-corrected chi connectivity index (χ3v) is 7.77. The number of aryl methyl sites for hydroxylation is 1. The van der Waals surface area contributed by atoms with Crippen LogP contribution in [0.15, 0.2) is 84.1 Å². The maximum atomic E-state index is 14.1. The van der Waals surface area contributed by atoms with E-state index in [2.05, 4.69) is 4.98 Å². The molecule has 1 atom stereocenters. The lowest BCUT2D eigenvalue weighted by molar-refractivity contribution is -0.117. The van der Waals surface area contributed by atoms with Gasteiger partial charge in [0.2, 0.25) is 5.78 Å². The first kappa shape index (κ1) is 24.2. The number of halogens is 3. The molecular weight excluding hydrogens is 522 g/mol. The van der Waals surface area contributed by atoms with Crippen LogP contribution in [0.2, 0.25) is 10.0 Å². The van der Waals surface area contributed by atoms with E-state index in [9.17, 15) is 19.1 Å². The summed E-state index contributed by atoms with van der Waals surface area (Å²) >= 11 is 13.5. The van der Waals surface area contributed by atoms with E-state index in [0.29, 0.717) is 16.3 Å². The van der Waals surface area contributed by atoms with E-state index < -0.39 is 29.3 Å². The molecule has 1 aromatic heterocycles. The Hall–Kier alpha value is -3.52. The van der Waals surface area contributed by atoms with Gasteiger partial charge in [0.15, 0.2) is 5.76 Å². The van der Waals surface area contributed by atoms with Crippen LogP contribution < -0.4 is 4.90 Å². The fourth-order valence-electron chi connectivity index (χ4n) is 4.16. The summed E-state index contributed by atoms with van der Waals surface area (Å²) in [7, 11) is 0. The summed E-state index contributed by atoms with van der Waals surface area (Å²) in [5, 5.41) is 12.1. The maximum absolute atomic E-state index is 14.1. The molecule has 4 aromatic rings. The van der Waals surface area contributed by atoms with Gasteiger partial charge in [0.1, 0.15) is 10.8 Å². The topological polar surface area (TPSA) is 70.5 Å². The van der Waals surface area contributed by atoms with E-state index in [4.69, 9.17) is 23.2 Å². The van der Waals surface area contributed by atoms with Crippen LogP contribution in [0.1, 0.15) is 27.0 Å². The third kappa shape index (κ3) is 4.19. The molecule has 1 unspecified atom stereocenters. The molecule has 1 aliphatic rings. The van der Waals surface area contributed by atoms with E-state index in [1.54, 1.807) is 13.0 Å². The van der Waals surface area contributed by atoms with E-state index in [0.717, 1.165) is 11.6 Å². The van der Waals surface area contributed by atoms with Gasteiger partial charge in [-0.2, -0.15) is 0 Å². The van der Waals surface area contributed by atoms with E-state index >= 15 is 0 Å². The van der Waals surface area contributed by atoms with Crippen molar-refractivity contribution in [3.63, 3.8) is 0 Å². The molecule has 9 heteroatoms. The average Bonchev–Trinajstić information content (AvgIpc) is 3.38. The Balaban J connectivity index is 1.65. The van der Waals surface area contributed by atoms with Gasteiger partial charge >= 0.3 is 0 Å². The highest BCUT2D eigenvalue weighted by molar-refractivity contribution is 7.17. The van der Waals surface area contributed by atoms with Gasteiger partial charge in [-0.3, -0.25) is 14.5 Å². The Labute approximate surface area is 220 Å². The number of aliphatic hydroxyl groups is 1. The molecule has 180 valence electrons. The van der Waals surface area contributed by atoms with Crippen molar-refractivity contribution in [3.8, 4) is 10.6 Å². The van der Waals surface area contributed by atoms with Crippen LogP contribution in [-0.2, 0) is 4.79 Å². The Morgan fingerprint density at radius 2 is 1.78 bits per heavy atom. The zero-order chi connectivity index (χ0) is 25.6. The molecule has 0 saturated heterocycles. The zero-order valence-electron chi connectivity index (χ0n) is 18.7. The van der Waals surface area contributed by atoms with Crippen molar-refractivity contribution in [2.45, 2.75) is 13.0 Å². The second-order valence-electron chi connectivity index (χ2n) is 8.12. The minimum Gasteiger partial charge on any atom is -0.503 e. The summed E-state index contributed by atoms with van der Waals surface area (Å²) < 4.78 is 14.1. The molecule has 36 heavy (non-hydrogen) atoms. The molecule has 0 aliphatic carbocycles. The number of amides is 1. The lowest BCUT2D eigenvalue weighted by Crippen LogP contribution is -2.31. The molecule has 1 aliphatic heterocycles. The SMILES string of the molecule is Cc1nc(-c2ccccc2)sc1C(=O)C1=C(O)C(=O)N(c2cccc(F)c2)C1c1ccc(Cl)c(Cl)c1. The number of carbonyl (C=O) groups is 2. The number of thiazole rings is 1. The smallest absolute Gasteiger partial charge is 0.294 e. The minimum absolute atomic E-state index is 0.144. The molecule has 1 amide bonds. The van der Waals surface area contributed by atoms with E-state index in [-0.39, 0.29) is 26.2 Å². The minimum atomic E-state index is -1.07. The van der Waals surface area contributed by atoms with Crippen LogP contribution in [-0.4, -0.2) is 21.8 Å². The maximum Gasteiger partial charge on any atom is 0.294 e. The third-order valence-electron chi connectivity index (χ3n) is 5.82. The first-order valence-corrected chi connectivity index (χ1v) is 12.4. The van der Waals surface area contributed by atoms with Crippen LogP contribution in [0.25, 0.3) is 10.6 Å². The predicted octanol–water partition coefficient (Wildman–Crippen LogP) is 7.35. The average molecular weight is 539 g/mol. The van der Waals surface area contributed by atoms with E-state index in [1.807, 2.05) is 30.3 Å². The highest BCUT2D eigenvalue weighted by Crippen LogP contribution is 2.44. The largest absolute Gasteiger partial charge is 0.503 e. The normalized spacial score (nSPS) is 15.6. The van der Waals surface area contributed by atoms with Gasteiger partial charge < -0.3 is 5.11 Å². The summed E-state index contributed by atoms with van der Waals surface area (Å²) in [4.78, 5) is 33.2. The molecule has 0 bridgehead atoms. The molecule has 2 heterocycles. The Kier molecular flexibility index (Phi) is 6.38. The number of Topliss-reactive ketones (excluding diaryl/α,β-unsaturated/α-hetero) is 1. The second kappa shape index (κ2) is 9.50. The van der Waals surface area contributed by atoms with Gasteiger partial charge in [-0.05, 0) is 42.8 Å². The number of hydrogen-bond acceptors (Lipinski definition) is 5. The molecule has 1 N–H and O–H groups in total. The second-order valence-corrected chi connectivity index (χ2v) is 9.94. The number of aliphatic hydroxyl groups excluding tert-OH is 1. The van der Waals surface area contributed by atoms with Crippen molar-refractivity contribution >= 4 is 51.9 Å². The summed E-state index contributed by atoms with van der Waals surface area (Å²) in [6.07, 6.45) is 0. The number of anilines is 1. The molecule has 0 fully saturated rings. The van der Waals surface area contributed by atoms with Crippen LogP contribution >= 0.6 is 34.5 Å². The number of ketones is 1. The first-order valence-electron chi connectivity index (χ1n) is 10.8. The highest BCUT2D eigenvalue weighted by atomic mass is 35.5. The quantitative estimate of drug-likeness (QED) is 0.269. The van der Waals surface area contributed by atoms with Crippen LogP contribution in [0.4, 0.5) is 10.1 Å². The van der Waals surface area contributed by atoms with Crippen LogP contribution in [0.3, 0.4) is 0 Å². The molecular formula is C27H17Cl2FN2O3S. The Morgan fingerprint density at radius 1 is 1.03 bits per heavy atom. The van der Waals surface area contributed by atoms with Gasteiger partial charge in [-0.25, -0.2) is 9.37 Å². The fourth-order valence-corrected chi connectivity index (χ4v) is 5.49. The van der Waals surface area contributed by atoms with Crippen molar-refractivity contribution in [2.75, 3.05) is 4.90 Å². The Bertz CT molecular complexity index is 1550. The highest BCUT2D eigenvalue weighted by Gasteiger charge is 2.45. The summed E-state index contributed by atoms with van der Waals surface area (Å²) in [6, 6.07) is 18.4. The molecule has 5 nitrogen and oxygen atoms in total. The van der Waals surface area contributed by atoms with Crippen molar-refractivity contribution < 1.29 is 19.1 Å². The van der Waals surface area contributed by atoms with Crippen molar-refractivity contribution in [2.24, 2.45) is 0 Å². The zero-order valence-corrected chi connectivity index (χ0v) is 21.0. The van der Waals surface area contributed by atoms with Gasteiger partial charge in [-0.1, -0.05) is 65.7 Å².